The fourth-order valence-corrected chi connectivity index (χ4v) is 3.94. The van der Waals surface area contributed by atoms with Crippen molar-refractivity contribution in [2.45, 2.75) is 66.7 Å². The minimum absolute atomic E-state index is 0.480. The lowest BCUT2D eigenvalue weighted by atomic mass is 9.62. The highest BCUT2D eigenvalue weighted by Gasteiger charge is 2.38. The van der Waals surface area contributed by atoms with Crippen molar-refractivity contribution in [2.75, 3.05) is 26.8 Å². The molecule has 20 heavy (non-hydrogen) atoms. The second kappa shape index (κ2) is 7.79. The summed E-state index contributed by atoms with van der Waals surface area (Å²) in [7, 11) is 1.78. The maximum absolute atomic E-state index is 5.14. The maximum Gasteiger partial charge on any atom is 0.0587 e. The van der Waals surface area contributed by atoms with E-state index in [9.17, 15) is 0 Å². The summed E-state index contributed by atoms with van der Waals surface area (Å²) in [5, 5.41) is 3.63. The summed E-state index contributed by atoms with van der Waals surface area (Å²) >= 11 is 0. The molecular weight excluding hydrogens is 246 g/mol. The molecule has 0 amide bonds. The van der Waals surface area contributed by atoms with Crippen molar-refractivity contribution in [3.8, 4) is 0 Å². The summed E-state index contributed by atoms with van der Waals surface area (Å²) in [5.74, 6) is 1.70. The lowest BCUT2D eigenvalue weighted by Crippen LogP contribution is -2.41. The number of hydrogen-bond donors (Lipinski definition) is 1. The van der Waals surface area contributed by atoms with E-state index in [4.69, 9.17) is 4.74 Å². The van der Waals surface area contributed by atoms with E-state index in [1.807, 2.05) is 0 Å². The second-order valence-electron chi connectivity index (χ2n) is 8.41. The molecule has 0 saturated heterocycles. The van der Waals surface area contributed by atoms with E-state index in [1.54, 1.807) is 7.11 Å². The first-order valence-corrected chi connectivity index (χ1v) is 8.49. The minimum Gasteiger partial charge on any atom is -0.383 e. The van der Waals surface area contributed by atoms with Gasteiger partial charge in [-0.15, -0.1) is 0 Å². The van der Waals surface area contributed by atoms with E-state index in [2.05, 4.69) is 39.9 Å². The van der Waals surface area contributed by atoms with Gasteiger partial charge in [-0.1, -0.05) is 34.6 Å². The molecule has 0 atom stereocenters. The van der Waals surface area contributed by atoms with Gasteiger partial charge in [-0.3, -0.25) is 0 Å². The van der Waals surface area contributed by atoms with E-state index in [0.717, 1.165) is 25.0 Å². The van der Waals surface area contributed by atoms with Crippen LogP contribution in [0.5, 0.6) is 0 Å². The first-order chi connectivity index (χ1) is 9.29. The fourth-order valence-electron chi connectivity index (χ4n) is 3.94. The van der Waals surface area contributed by atoms with Gasteiger partial charge in [0.2, 0.25) is 0 Å². The van der Waals surface area contributed by atoms with Gasteiger partial charge in [-0.25, -0.2) is 0 Å². The van der Waals surface area contributed by atoms with Gasteiger partial charge in [0.05, 0.1) is 6.61 Å². The standard InChI is InChI=1S/C18H37NO/c1-15(2)13-18(14-19-11-12-20-6)9-7-16(8-10-18)17(3,4)5/h15-16,19H,7-14H2,1-6H3. The van der Waals surface area contributed by atoms with Crippen molar-refractivity contribution in [2.24, 2.45) is 22.7 Å². The summed E-state index contributed by atoms with van der Waals surface area (Å²) in [4.78, 5) is 0. The van der Waals surface area contributed by atoms with Crippen LogP contribution in [-0.4, -0.2) is 26.8 Å². The topological polar surface area (TPSA) is 21.3 Å². The molecule has 0 spiro atoms. The average Bonchev–Trinajstić information content (AvgIpc) is 2.33. The van der Waals surface area contributed by atoms with Crippen LogP contribution in [0.1, 0.15) is 66.7 Å². The molecule has 2 heteroatoms. The summed E-state index contributed by atoms with van der Waals surface area (Å²) in [6.45, 7) is 14.9. The van der Waals surface area contributed by atoms with Gasteiger partial charge in [0.25, 0.3) is 0 Å². The van der Waals surface area contributed by atoms with Gasteiger partial charge in [-0.05, 0) is 54.8 Å². The number of nitrogens with one attached hydrogen (secondary N) is 1. The number of hydrogen-bond acceptors (Lipinski definition) is 2. The van der Waals surface area contributed by atoms with Crippen LogP contribution in [-0.2, 0) is 4.74 Å². The minimum atomic E-state index is 0.480. The zero-order valence-corrected chi connectivity index (χ0v) is 14.7. The first kappa shape index (κ1) is 18.0. The van der Waals surface area contributed by atoms with E-state index in [1.165, 1.54) is 38.6 Å². The molecule has 1 aliphatic carbocycles. The summed E-state index contributed by atoms with van der Waals surface area (Å²) < 4.78 is 5.14. The fraction of sp³-hybridized carbons (Fsp3) is 1.00. The molecule has 1 N–H and O–H groups in total. The third-order valence-corrected chi connectivity index (χ3v) is 5.10. The van der Waals surface area contributed by atoms with Crippen LogP contribution in [0, 0.1) is 22.7 Å². The summed E-state index contributed by atoms with van der Waals surface area (Å²) in [5.41, 5.74) is 1.01. The molecule has 1 fully saturated rings. The van der Waals surface area contributed by atoms with Crippen LogP contribution in [0.2, 0.25) is 0 Å². The number of methoxy groups -OCH3 is 1. The Kier molecular flexibility index (Phi) is 7.00. The van der Waals surface area contributed by atoms with Crippen molar-refractivity contribution in [1.82, 2.24) is 5.32 Å². The predicted molar refractivity (Wildman–Crippen MR) is 88.0 cm³/mol. The Morgan fingerprint density at radius 1 is 1.20 bits per heavy atom. The number of rotatable bonds is 7. The molecule has 0 heterocycles. The highest BCUT2D eigenvalue weighted by Crippen LogP contribution is 2.47. The van der Waals surface area contributed by atoms with Gasteiger partial charge in [0.1, 0.15) is 0 Å². The number of ether oxygens (including phenoxy) is 1. The molecule has 120 valence electrons. The molecule has 2 nitrogen and oxygen atoms in total. The average molecular weight is 284 g/mol. The summed E-state index contributed by atoms with van der Waals surface area (Å²) in [6.07, 6.45) is 6.97. The molecule has 0 aromatic carbocycles. The van der Waals surface area contributed by atoms with E-state index in [0.29, 0.717) is 10.8 Å². The normalized spacial score (nSPS) is 28.1. The van der Waals surface area contributed by atoms with E-state index >= 15 is 0 Å². The van der Waals surface area contributed by atoms with E-state index < -0.39 is 0 Å². The van der Waals surface area contributed by atoms with Crippen LogP contribution in [0.15, 0.2) is 0 Å². The second-order valence-corrected chi connectivity index (χ2v) is 8.41. The lowest BCUT2D eigenvalue weighted by Gasteiger charge is -2.45. The zero-order valence-electron chi connectivity index (χ0n) is 14.7. The molecular formula is C18H37NO. The zero-order chi connectivity index (χ0) is 15.2. The van der Waals surface area contributed by atoms with Gasteiger partial charge in [-0.2, -0.15) is 0 Å². The van der Waals surface area contributed by atoms with Gasteiger partial charge in [0.15, 0.2) is 0 Å². The van der Waals surface area contributed by atoms with Crippen molar-refractivity contribution in [1.29, 1.82) is 0 Å². The Morgan fingerprint density at radius 3 is 2.25 bits per heavy atom. The van der Waals surface area contributed by atoms with Crippen molar-refractivity contribution in [3.05, 3.63) is 0 Å². The van der Waals surface area contributed by atoms with E-state index in [-0.39, 0.29) is 0 Å². The third kappa shape index (κ3) is 5.73. The van der Waals surface area contributed by atoms with Crippen molar-refractivity contribution >= 4 is 0 Å². The van der Waals surface area contributed by atoms with Gasteiger partial charge >= 0.3 is 0 Å². The molecule has 1 aliphatic rings. The Labute approximate surface area is 127 Å². The largest absolute Gasteiger partial charge is 0.383 e. The molecule has 0 aromatic heterocycles. The van der Waals surface area contributed by atoms with Gasteiger partial charge < -0.3 is 10.1 Å². The molecule has 0 radical (unpaired) electrons. The van der Waals surface area contributed by atoms with Crippen LogP contribution in [0.25, 0.3) is 0 Å². The monoisotopic (exact) mass is 283 g/mol. The van der Waals surface area contributed by atoms with Crippen LogP contribution >= 0.6 is 0 Å². The maximum atomic E-state index is 5.14. The third-order valence-electron chi connectivity index (χ3n) is 5.10. The van der Waals surface area contributed by atoms with Crippen molar-refractivity contribution in [3.63, 3.8) is 0 Å². The lowest BCUT2D eigenvalue weighted by molar-refractivity contribution is 0.0684. The molecule has 1 saturated carbocycles. The van der Waals surface area contributed by atoms with Crippen LogP contribution in [0.3, 0.4) is 0 Å². The SMILES string of the molecule is COCCNCC1(CC(C)C)CCC(C(C)(C)C)CC1. The molecule has 0 bridgehead atoms. The van der Waals surface area contributed by atoms with Crippen LogP contribution < -0.4 is 5.32 Å². The Morgan fingerprint density at radius 2 is 1.80 bits per heavy atom. The van der Waals surface area contributed by atoms with Gasteiger partial charge in [0, 0.05) is 20.2 Å². The highest BCUT2D eigenvalue weighted by molar-refractivity contribution is 4.91. The smallest absolute Gasteiger partial charge is 0.0587 e. The predicted octanol–water partition coefficient (Wildman–Crippen LogP) is 4.49. The van der Waals surface area contributed by atoms with Crippen LogP contribution in [0.4, 0.5) is 0 Å². The molecule has 0 aliphatic heterocycles. The molecule has 0 aromatic rings. The molecule has 0 unspecified atom stereocenters. The first-order valence-electron chi connectivity index (χ1n) is 8.49. The Hall–Kier alpha value is -0.0800. The Balaban J connectivity index is 2.54. The molecule has 1 rings (SSSR count). The quantitative estimate of drug-likeness (QED) is 0.695. The highest BCUT2D eigenvalue weighted by atomic mass is 16.5. The Bertz CT molecular complexity index is 259. The van der Waals surface area contributed by atoms with Crippen molar-refractivity contribution < 1.29 is 4.74 Å². The summed E-state index contributed by atoms with van der Waals surface area (Å²) in [6, 6.07) is 0.